The van der Waals surface area contributed by atoms with E-state index in [0.29, 0.717) is 17.1 Å². The normalized spacial score (nSPS) is 16.7. The lowest BCUT2D eigenvalue weighted by molar-refractivity contribution is 0.0985. The van der Waals surface area contributed by atoms with E-state index in [1.165, 1.54) is 0 Å². The monoisotopic (exact) mass is 380 g/mol. The van der Waals surface area contributed by atoms with Crippen LogP contribution in [0, 0.1) is 0 Å². The number of fused-ring (bicyclic) bond motifs is 1. The van der Waals surface area contributed by atoms with Gasteiger partial charge in [0.1, 0.15) is 0 Å². The molecule has 3 aromatic rings. The number of hydrogen-bond donors (Lipinski definition) is 1. The Bertz CT molecular complexity index is 955. The molecule has 4 rings (SSSR count). The highest BCUT2D eigenvalue weighted by Gasteiger charge is 2.27. The number of rotatable bonds is 3. The number of amides is 1. The first kappa shape index (κ1) is 17.8. The summed E-state index contributed by atoms with van der Waals surface area (Å²) in [4.78, 5) is 15.2. The fourth-order valence-electron chi connectivity index (χ4n) is 3.41. The summed E-state index contributed by atoms with van der Waals surface area (Å²) >= 11 is 6.49. The van der Waals surface area contributed by atoms with Crippen molar-refractivity contribution in [2.75, 3.05) is 11.4 Å². The first-order valence-corrected chi connectivity index (χ1v) is 9.48. The molecule has 0 unspecified atom stereocenters. The van der Waals surface area contributed by atoms with Crippen molar-refractivity contribution >= 4 is 23.2 Å². The van der Waals surface area contributed by atoms with Crippen LogP contribution in [0.15, 0.2) is 60.9 Å². The number of carbonyl (C=O) groups is 1. The minimum Gasteiger partial charge on any atom is -0.308 e. The Morgan fingerprint density at radius 2 is 2.11 bits per heavy atom. The lowest BCUT2D eigenvalue weighted by atomic mass is 10.1. The van der Waals surface area contributed by atoms with Gasteiger partial charge in [0, 0.05) is 37.2 Å². The van der Waals surface area contributed by atoms with Gasteiger partial charge in [0.15, 0.2) is 0 Å². The van der Waals surface area contributed by atoms with Crippen molar-refractivity contribution in [3.63, 3.8) is 0 Å². The number of nitrogens with one attached hydrogen (secondary N) is 1. The maximum Gasteiger partial charge on any atom is 0.259 e. The lowest BCUT2D eigenvalue weighted by Crippen LogP contribution is -2.41. The van der Waals surface area contributed by atoms with Crippen LogP contribution in [0.25, 0.3) is 5.69 Å². The van der Waals surface area contributed by atoms with Crippen molar-refractivity contribution in [1.82, 2.24) is 15.1 Å². The van der Waals surface area contributed by atoms with Crippen molar-refractivity contribution in [1.29, 1.82) is 0 Å². The molecule has 0 spiro atoms. The molecule has 1 aliphatic rings. The predicted octanol–water partition coefficient (Wildman–Crippen LogP) is 4.05. The number of halogens is 1. The molecule has 1 amide bonds. The molecule has 1 atom stereocenters. The van der Waals surface area contributed by atoms with Crippen LogP contribution in [0.2, 0.25) is 5.02 Å². The Kier molecular flexibility index (Phi) is 4.97. The fraction of sp³-hybridized carbons (Fsp3) is 0.238. The van der Waals surface area contributed by atoms with Gasteiger partial charge in [-0.1, -0.05) is 36.7 Å². The Morgan fingerprint density at radius 3 is 2.85 bits per heavy atom. The molecule has 1 aliphatic heterocycles. The molecule has 1 N–H and O–H groups in total. The van der Waals surface area contributed by atoms with E-state index in [1.54, 1.807) is 23.0 Å². The van der Waals surface area contributed by atoms with Crippen molar-refractivity contribution in [2.24, 2.45) is 0 Å². The summed E-state index contributed by atoms with van der Waals surface area (Å²) < 4.78 is 1.72. The standard InChI is InChI=1S/C21H21ClN4O/c1-2-16-14-25(20-7-4-3-6-15(20)13-23-16)21(27)18-9-8-17(12-19(18)22)26-11-5-10-24-26/h3-12,16,23H,2,13-14H2,1H3/t16-/m1/s1. The van der Waals surface area contributed by atoms with Gasteiger partial charge in [0.25, 0.3) is 5.91 Å². The second-order valence-electron chi connectivity index (χ2n) is 6.65. The van der Waals surface area contributed by atoms with Crippen LogP contribution in [0.4, 0.5) is 5.69 Å². The molecule has 6 heteroatoms. The maximum atomic E-state index is 13.4. The molecule has 0 saturated carbocycles. The van der Waals surface area contributed by atoms with Crippen molar-refractivity contribution < 1.29 is 4.79 Å². The van der Waals surface area contributed by atoms with E-state index in [9.17, 15) is 4.79 Å². The number of para-hydroxylation sites is 1. The number of carbonyl (C=O) groups excluding carboxylic acids is 1. The third kappa shape index (κ3) is 3.48. The van der Waals surface area contributed by atoms with Crippen LogP contribution in [-0.4, -0.2) is 28.3 Å². The van der Waals surface area contributed by atoms with Crippen molar-refractivity contribution in [2.45, 2.75) is 25.9 Å². The first-order valence-electron chi connectivity index (χ1n) is 9.10. The molecule has 138 valence electrons. The van der Waals surface area contributed by atoms with Crippen LogP contribution < -0.4 is 10.2 Å². The Balaban J connectivity index is 1.70. The molecule has 0 bridgehead atoms. The molecule has 5 nitrogen and oxygen atoms in total. The van der Waals surface area contributed by atoms with Gasteiger partial charge in [0.2, 0.25) is 0 Å². The molecule has 2 heterocycles. The van der Waals surface area contributed by atoms with Gasteiger partial charge in [-0.3, -0.25) is 4.79 Å². The van der Waals surface area contributed by atoms with Gasteiger partial charge in [-0.15, -0.1) is 0 Å². The van der Waals surface area contributed by atoms with Gasteiger partial charge in [-0.25, -0.2) is 4.68 Å². The van der Waals surface area contributed by atoms with Crippen LogP contribution in [0.3, 0.4) is 0 Å². The Labute approximate surface area is 163 Å². The number of aromatic nitrogens is 2. The Hall–Kier alpha value is -2.63. The van der Waals surface area contributed by atoms with Crippen molar-refractivity contribution in [3.05, 3.63) is 77.1 Å². The van der Waals surface area contributed by atoms with Gasteiger partial charge in [0.05, 0.1) is 16.3 Å². The second kappa shape index (κ2) is 7.55. The van der Waals surface area contributed by atoms with Gasteiger partial charge < -0.3 is 10.2 Å². The molecule has 2 aromatic carbocycles. The predicted molar refractivity (Wildman–Crippen MR) is 108 cm³/mol. The molecule has 0 saturated heterocycles. The van der Waals surface area contributed by atoms with E-state index < -0.39 is 0 Å². The van der Waals surface area contributed by atoms with Gasteiger partial charge >= 0.3 is 0 Å². The van der Waals surface area contributed by atoms with E-state index in [1.807, 2.05) is 41.4 Å². The average Bonchev–Trinajstić information content (AvgIpc) is 3.16. The molecule has 0 aliphatic carbocycles. The first-order chi connectivity index (χ1) is 13.2. The molecule has 0 fully saturated rings. The SMILES string of the molecule is CC[C@@H]1CN(C(=O)c2ccc(-n3cccn3)cc2Cl)c2ccccc2CN1. The van der Waals surface area contributed by atoms with Crippen LogP contribution >= 0.6 is 11.6 Å². The number of nitrogens with zero attached hydrogens (tertiary/aromatic N) is 3. The third-order valence-electron chi connectivity index (χ3n) is 4.96. The zero-order chi connectivity index (χ0) is 18.8. The zero-order valence-electron chi connectivity index (χ0n) is 15.1. The summed E-state index contributed by atoms with van der Waals surface area (Å²) in [6, 6.07) is 15.5. The van der Waals surface area contributed by atoms with E-state index in [2.05, 4.69) is 23.4 Å². The minimum absolute atomic E-state index is 0.0818. The minimum atomic E-state index is -0.0818. The topological polar surface area (TPSA) is 50.2 Å². The molecule has 27 heavy (non-hydrogen) atoms. The summed E-state index contributed by atoms with van der Waals surface area (Å²) in [6.07, 6.45) is 4.50. The lowest BCUT2D eigenvalue weighted by Gasteiger charge is -2.26. The largest absolute Gasteiger partial charge is 0.308 e. The van der Waals surface area contributed by atoms with Gasteiger partial charge in [-0.05, 0) is 42.3 Å². The summed E-state index contributed by atoms with van der Waals surface area (Å²) in [5.74, 6) is -0.0818. The van der Waals surface area contributed by atoms with Crippen LogP contribution in [0.1, 0.15) is 29.3 Å². The van der Waals surface area contributed by atoms with E-state index in [4.69, 9.17) is 11.6 Å². The third-order valence-corrected chi connectivity index (χ3v) is 5.27. The molecular formula is C21H21ClN4O. The van der Waals surface area contributed by atoms with E-state index in [-0.39, 0.29) is 11.9 Å². The van der Waals surface area contributed by atoms with E-state index in [0.717, 1.165) is 29.9 Å². The van der Waals surface area contributed by atoms with Crippen LogP contribution in [0.5, 0.6) is 0 Å². The number of benzene rings is 2. The fourth-order valence-corrected chi connectivity index (χ4v) is 3.67. The summed E-state index contributed by atoms with van der Waals surface area (Å²) in [5.41, 5.74) is 3.38. The summed E-state index contributed by atoms with van der Waals surface area (Å²) in [5, 5.41) is 8.16. The number of anilines is 1. The highest BCUT2D eigenvalue weighted by molar-refractivity contribution is 6.34. The van der Waals surface area contributed by atoms with E-state index >= 15 is 0 Å². The summed E-state index contributed by atoms with van der Waals surface area (Å²) in [6.45, 7) is 3.50. The smallest absolute Gasteiger partial charge is 0.259 e. The summed E-state index contributed by atoms with van der Waals surface area (Å²) in [7, 11) is 0. The van der Waals surface area contributed by atoms with Crippen LogP contribution in [-0.2, 0) is 6.54 Å². The number of hydrogen-bond acceptors (Lipinski definition) is 3. The Morgan fingerprint density at radius 1 is 1.26 bits per heavy atom. The quantitative estimate of drug-likeness (QED) is 0.745. The molecule has 1 aromatic heterocycles. The molecule has 0 radical (unpaired) electrons. The van der Waals surface area contributed by atoms with Gasteiger partial charge in [-0.2, -0.15) is 5.10 Å². The maximum absolute atomic E-state index is 13.4. The van der Waals surface area contributed by atoms with Crippen molar-refractivity contribution in [3.8, 4) is 5.69 Å². The average molecular weight is 381 g/mol. The highest BCUT2D eigenvalue weighted by Crippen LogP contribution is 2.28. The zero-order valence-corrected chi connectivity index (χ0v) is 15.9. The highest BCUT2D eigenvalue weighted by atomic mass is 35.5. The molecular weight excluding hydrogens is 360 g/mol. The second-order valence-corrected chi connectivity index (χ2v) is 7.05.